The van der Waals surface area contributed by atoms with Crippen molar-refractivity contribution in [3.05, 3.63) is 59.7 Å². The first-order valence-corrected chi connectivity index (χ1v) is 6.07. The fourth-order valence-corrected chi connectivity index (χ4v) is 2.05. The Morgan fingerprint density at radius 2 is 1.65 bits per heavy atom. The maximum atomic E-state index is 8.74. The fraction of sp³-hybridized carbons (Fsp3) is 0.125. The van der Waals surface area contributed by atoms with Crippen molar-refractivity contribution in [1.29, 1.82) is 10.5 Å². The first-order valence-electron chi connectivity index (χ1n) is 6.07. The monoisotopic (exact) mass is 264 g/mol. The van der Waals surface area contributed by atoms with Crippen LogP contribution in [0.4, 0.5) is 0 Å². The predicted molar refractivity (Wildman–Crippen MR) is 72.9 cm³/mol. The van der Waals surface area contributed by atoms with E-state index in [0.717, 1.165) is 11.1 Å². The van der Waals surface area contributed by atoms with E-state index in [1.165, 1.54) is 0 Å². The molecular weight excluding hydrogens is 252 g/mol. The van der Waals surface area contributed by atoms with Gasteiger partial charge in [-0.2, -0.15) is 0 Å². The van der Waals surface area contributed by atoms with Gasteiger partial charge in [0.1, 0.15) is 11.5 Å². The van der Waals surface area contributed by atoms with Gasteiger partial charge < -0.3 is 9.47 Å². The largest absolute Gasteiger partial charge is 0.388 e. The molecule has 0 amide bonds. The maximum Gasteiger partial charge on any atom is 0.292 e. The third-order valence-electron chi connectivity index (χ3n) is 3.07. The lowest BCUT2D eigenvalue weighted by Gasteiger charge is -2.15. The number of nitrogens with zero attached hydrogens (tertiary/aromatic N) is 2. The highest BCUT2D eigenvalue weighted by molar-refractivity contribution is 5.46. The van der Waals surface area contributed by atoms with Gasteiger partial charge >= 0.3 is 0 Å². The second-order valence-electron chi connectivity index (χ2n) is 4.22. The zero-order valence-electron chi connectivity index (χ0n) is 10.9. The number of benzene rings is 2. The molecule has 2 aromatic carbocycles. The summed E-state index contributed by atoms with van der Waals surface area (Å²) in [5.41, 5.74) is 1.98. The summed E-state index contributed by atoms with van der Waals surface area (Å²) in [6.45, 7) is 2.03. The van der Waals surface area contributed by atoms with Gasteiger partial charge in [-0.3, -0.25) is 0 Å². The van der Waals surface area contributed by atoms with Gasteiger partial charge in [-0.25, -0.2) is 0 Å². The summed E-state index contributed by atoms with van der Waals surface area (Å²) >= 11 is 0. The summed E-state index contributed by atoms with van der Waals surface area (Å²) in [5.74, 6) is 0.814. The third kappa shape index (κ3) is 2.88. The molecule has 0 fully saturated rings. The van der Waals surface area contributed by atoms with Crippen molar-refractivity contribution in [2.24, 2.45) is 0 Å². The molecule has 2 aromatic rings. The van der Waals surface area contributed by atoms with Crippen molar-refractivity contribution in [2.45, 2.75) is 12.8 Å². The van der Waals surface area contributed by atoms with E-state index in [4.69, 9.17) is 20.0 Å². The molecule has 4 nitrogen and oxygen atoms in total. The molecule has 0 radical (unpaired) electrons. The molecule has 0 N–H and O–H groups in total. The predicted octanol–water partition coefficient (Wildman–Crippen LogP) is 3.56. The smallest absolute Gasteiger partial charge is 0.292 e. The molecule has 0 bridgehead atoms. The van der Waals surface area contributed by atoms with Crippen molar-refractivity contribution in [1.82, 2.24) is 0 Å². The lowest BCUT2D eigenvalue weighted by molar-refractivity contribution is 0.478. The molecule has 1 atom stereocenters. The molecule has 0 aliphatic carbocycles. The van der Waals surface area contributed by atoms with E-state index >= 15 is 0 Å². The van der Waals surface area contributed by atoms with Crippen LogP contribution in [0.1, 0.15) is 24.0 Å². The fourth-order valence-electron chi connectivity index (χ4n) is 2.05. The van der Waals surface area contributed by atoms with E-state index in [1.807, 2.05) is 37.3 Å². The van der Waals surface area contributed by atoms with E-state index in [2.05, 4.69) is 0 Å². The molecule has 4 heteroatoms. The molecule has 0 spiro atoms. The van der Waals surface area contributed by atoms with E-state index < -0.39 is 0 Å². The first kappa shape index (κ1) is 13.5. The summed E-state index contributed by atoms with van der Waals surface area (Å²) in [4.78, 5) is 0. The van der Waals surface area contributed by atoms with Gasteiger partial charge in [0, 0.05) is 17.5 Å². The summed E-state index contributed by atoms with van der Waals surface area (Å²) in [6, 6.07) is 14.9. The van der Waals surface area contributed by atoms with Gasteiger partial charge in [0.15, 0.2) is 0 Å². The van der Waals surface area contributed by atoms with Crippen LogP contribution >= 0.6 is 0 Å². The molecule has 0 aliphatic rings. The van der Waals surface area contributed by atoms with E-state index in [1.54, 1.807) is 30.7 Å². The molecule has 1 unspecified atom stereocenters. The lowest BCUT2D eigenvalue weighted by Crippen LogP contribution is -1.99. The van der Waals surface area contributed by atoms with Crippen LogP contribution in [0.3, 0.4) is 0 Å². The van der Waals surface area contributed by atoms with Crippen molar-refractivity contribution in [2.75, 3.05) is 0 Å². The van der Waals surface area contributed by atoms with Gasteiger partial charge in [0.25, 0.3) is 12.5 Å². The van der Waals surface area contributed by atoms with Crippen molar-refractivity contribution in [3.63, 3.8) is 0 Å². The van der Waals surface area contributed by atoms with Gasteiger partial charge in [-0.05, 0) is 11.6 Å². The highest BCUT2D eigenvalue weighted by Gasteiger charge is 2.15. The standard InChI is InChI=1S/C16H12N2O2/c1-12(13-5-3-2-4-6-13)15-8-7-14(19-10-17)9-16(15)20-11-18/h2-9,12H,1H3. The quantitative estimate of drug-likeness (QED) is 0.792. The minimum atomic E-state index is 0.0654. The Bertz CT molecular complexity index is 669. The summed E-state index contributed by atoms with van der Waals surface area (Å²) in [6.07, 6.45) is 3.26. The molecule has 0 saturated heterocycles. The number of nitriles is 2. The minimum absolute atomic E-state index is 0.0654. The van der Waals surface area contributed by atoms with Crippen LogP contribution in [0.2, 0.25) is 0 Å². The molecule has 0 aromatic heterocycles. The zero-order valence-corrected chi connectivity index (χ0v) is 10.9. The van der Waals surface area contributed by atoms with Crippen molar-refractivity contribution in [3.8, 4) is 24.0 Å². The molecule has 2 rings (SSSR count). The van der Waals surface area contributed by atoms with E-state index in [0.29, 0.717) is 11.5 Å². The van der Waals surface area contributed by atoms with Crippen molar-refractivity contribution < 1.29 is 9.47 Å². The van der Waals surface area contributed by atoms with Crippen LogP contribution in [0.15, 0.2) is 48.5 Å². The topological polar surface area (TPSA) is 66.0 Å². The summed E-state index contributed by atoms with van der Waals surface area (Å²) < 4.78 is 9.73. The van der Waals surface area contributed by atoms with Gasteiger partial charge in [0.05, 0.1) is 0 Å². The van der Waals surface area contributed by atoms with Crippen LogP contribution in [-0.2, 0) is 0 Å². The first-order chi connectivity index (χ1) is 9.76. The summed E-state index contributed by atoms with van der Waals surface area (Å²) in [7, 11) is 0. The highest BCUT2D eigenvalue weighted by Crippen LogP contribution is 2.34. The van der Waals surface area contributed by atoms with Gasteiger partial charge in [0.2, 0.25) is 0 Å². The van der Waals surface area contributed by atoms with E-state index in [-0.39, 0.29) is 5.92 Å². The second-order valence-corrected chi connectivity index (χ2v) is 4.22. The number of rotatable bonds is 4. The maximum absolute atomic E-state index is 8.74. The minimum Gasteiger partial charge on any atom is -0.388 e. The highest BCUT2D eigenvalue weighted by atomic mass is 16.5. The molecule has 20 heavy (non-hydrogen) atoms. The zero-order chi connectivity index (χ0) is 14.4. The Hall–Kier alpha value is -2.98. The van der Waals surface area contributed by atoms with Crippen LogP contribution < -0.4 is 9.47 Å². The van der Waals surface area contributed by atoms with Crippen LogP contribution in [0, 0.1) is 23.0 Å². The average Bonchev–Trinajstić information content (AvgIpc) is 2.48. The Kier molecular flexibility index (Phi) is 4.21. The SMILES string of the molecule is CC(c1ccccc1)c1ccc(OC#N)cc1OC#N. The average molecular weight is 264 g/mol. The normalized spacial score (nSPS) is 10.9. The third-order valence-corrected chi connectivity index (χ3v) is 3.07. The Morgan fingerprint density at radius 1 is 0.950 bits per heavy atom. The van der Waals surface area contributed by atoms with Crippen molar-refractivity contribution >= 4 is 0 Å². The Labute approximate surface area is 117 Å². The van der Waals surface area contributed by atoms with Crippen LogP contribution in [-0.4, -0.2) is 0 Å². The van der Waals surface area contributed by atoms with Crippen LogP contribution in [0.5, 0.6) is 11.5 Å². The number of hydrogen-bond acceptors (Lipinski definition) is 4. The van der Waals surface area contributed by atoms with E-state index in [9.17, 15) is 0 Å². The molecule has 0 aliphatic heterocycles. The molecule has 98 valence electrons. The number of ether oxygens (including phenoxy) is 2. The Balaban J connectivity index is 2.41. The van der Waals surface area contributed by atoms with Gasteiger partial charge in [-0.1, -0.05) is 43.3 Å². The molecular formula is C16H12N2O2. The molecule has 0 heterocycles. The lowest BCUT2D eigenvalue weighted by atomic mass is 9.92. The second kappa shape index (κ2) is 6.26. The summed E-state index contributed by atoms with van der Waals surface area (Å²) in [5, 5.41) is 17.3. The molecule has 0 saturated carbocycles. The number of hydrogen-bond donors (Lipinski definition) is 0. The Morgan fingerprint density at radius 3 is 2.30 bits per heavy atom. The van der Waals surface area contributed by atoms with Crippen LogP contribution in [0.25, 0.3) is 0 Å². The van der Waals surface area contributed by atoms with Gasteiger partial charge in [-0.15, -0.1) is 10.5 Å².